The standard InChI is InChI=1S/C20H33N3O2/c1-4-20(10-7-11-20)16-23-19(21-5-2)22-15-17-8-6-9-18(14-17)25-13-12-24-3/h6,8-9,14H,4-5,7,10-13,15-16H2,1-3H3,(H2,21,22,23). The molecule has 0 heterocycles. The lowest BCUT2D eigenvalue weighted by Gasteiger charge is -2.41. The first-order chi connectivity index (χ1) is 12.2. The fourth-order valence-electron chi connectivity index (χ4n) is 3.09. The van der Waals surface area contributed by atoms with Gasteiger partial charge in [0.1, 0.15) is 12.4 Å². The summed E-state index contributed by atoms with van der Waals surface area (Å²) >= 11 is 0. The first-order valence-electron chi connectivity index (χ1n) is 9.44. The fraction of sp³-hybridized carbons (Fsp3) is 0.650. The van der Waals surface area contributed by atoms with E-state index >= 15 is 0 Å². The average molecular weight is 348 g/mol. The van der Waals surface area contributed by atoms with Gasteiger partial charge in [0.2, 0.25) is 0 Å². The summed E-state index contributed by atoms with van der Waals surface area (Å²) in [4.78, 5) is 4.73. The first-order valence-corrected chi connectivity index (χ1v) is 9.44. The molecule has 140 valence electrons. The molecule has 5 heteroatoms. The number of rotatable bonds is 10. The molecule has 1 aliphatic carbocycles. The second-order valence-corrected chi connectivity index (χ2v) is 6.74. The van der Waals surface area contributed by atoms with Crippen molar-refractivity contribution in [1.29, 1.82) is 0 Å². The minimum atomic E-state index is 0.477. The highest BCUT2D eigenvalue weighted by Gasteiger charge is 2.34. The van der Waals surface area contributed by atoms with Gasteiger partial charge in [-0.05, 0) is 49.3 Å². The van der Waals surface area contributed by atoms with Crippen LogP contribution in [-0.2, 0) is 11.3 Å². The highest BCUT2D eigenvalue weighted by Crippen LogP contribution is 2.42. The molecule has 0 spiro atoms. The monoisotopic (exact) mass is 347 g/mol. The fourth-order valence-corrected chi connectivity index (χ4v) is 3.09. The molecule has 0 aromatic heterocycles. The van der Waals surface area contributed by atoms with Gasteiger partial charge in [-0.15, -0.1) is 0 Å². The van der Waals surface area contributed by atoms with E-state index in [1.54, 1.807) is 7.11 Å². The Balaban J connectivity index is 1.90. The van der Waals surface area contributed by atoms with Crippen LogP contribution in [0, 0.1) is 5.41 Å². The Morgan fingerprint density at radius 2 is 2.04 bits per heavy atom. The zero-order chi connectivity index (χ0) is 18.0. The summed E-state index contributed by atoms with van der Waals surface area (Å²) in [5, 5.41) is 6.88. The molecular formula is C20H33N3O2. The van der Waals surface area contributed by atoms with Crippen molar-refractivity contribution in [3.05, 3.63) is 29.8 Å². The molecule has 0 radical (unpaired) electrons. The Morgan fingerprint density at radius 3 is 2.68 bits per heavy atom. The second-order valence-electron chi connectivity index (χ2n) is 6.74. The molecule has 0 saturated heterocycles. The molecule has 1 saturated carbocycles. The lowest BCUT2D eigenvalue weighted by atomic mass is 9.67. The molecule has 0 aliphatic heterocycles. The summed E-state index contributed by atoms with van der Waals surface area (Å²) < 4.78 is 10.7. The van der Waals surface area contributed by atoms with E-state index < -0.39 is 0 Å². The van der Waals surface area contributed by atoms with Crippen molar-refractivity contribution in [2.75, 3.05) is 33.4 Å². The summed E-state index contributed by atoms with van der Waals surface area (Å²) in [5.74, 6) is 1.76. The minimum Gasteiger partial charge on any atom is -0.491 e. The van der Waals surface area contributed by atoms with E-state index in [1.807, 2.05) is 18.2 Å². The Hall–Kier alpha value is -1.75. The Bertz CT molecular complexity index is 536. The number of benzene rings is 1. The number of nitrogens with one attached hydrogen (secondary N) is 2. The smallest absolute Gasteiger partial charge is 0.191 e. The molecule has 1 fully saturated rings. The maximum absolute atomic E-state index is 5.67. The predicted molar refractivity (Wildman–Crippen MR) is 103 cm³/mol. The van der Waals surface area contributed by atoms with Crippen LogP contribution in [0.1, 0.15) is 45.1 Å². The van der Waals surface area contributed by atoms with E-state index in [9.17, 15) is 0 Å². The maximum Gasteiger partial charge on any atom is 0.191 e. The summed E-state index contributed by atoms with van der Waals surface area (Å²) in [6.45, 7) is 8.06. The van der Waals surface area contributed by atoms with Crippen LogP contribution in [0.15, 0.2) is 29.3 Å². The number of hydrogen-bond donors (Lipinski definition) is 2. The number of hydrogen-bond acceptors (Lipinski definition) is 3. The van der Waals surface area contributed by atoms with Crippen molar-refractivity contribution in [3.63, 3.8) is 0 Å². The van der Waals surface area contributed by atoms with Gasteiger partial charge < -0.3 is 20.1 Å². The van der Waals surface area contributed by atoms with Gasteiger partial charge in [0.25, 0.3) is 0 Å². The maximum atomic E-state index is 5.67. The number of aliphatic imine (C=N–C) groups is 1. The summed E-state index contributed by atoms with van der Waals surface area (Å²) in [7, 11) is 1.68. The van der Waals surface area contributed by atoms with Crippen LogP contribution in [0.2, 0.25) is 0 Å². The van der Waals surface area contributed by atoms with E-state index in [4.69, 9.17) is 14.5 Å². The van der Waals surface area contributed by atoms with Crippen molar-refractivity contribution < 1.29 is 9.47 Å². The molecular weight excluding hydrogens is 314 g/mol. The summed E-state index contributed by atoms with van der Waals surface area (Å²) in [6.07, 6.45) is 5.26. The SMILES string of the molecule is CCNC(=NCc1cccc(OCCOC)c1)NCC1(CC)CCC1. The molecule has 0 atom stereocenters. The molecule has 0 unspecified atom stereocenters. The number of methoxy groups -OCH3 is 1. The second kappa shape index (κ2) is 10.3. The van der Waals surface area contributed by atoms with Crippen molar-refractivity contribution in [2.24, 2.45) is 10.4 Å². The van der Waals surface area contributed by atoms with E-state index in [0.29, 0.717) is 25.2 Å². The predicted octanol–water partition coefficient (Wildman–Crippen LogP) is 3.35. The van der Waals surface area contributed by atoms with E-state index in [1.165, 1.54) is 25.7 Å². The molecule has 25 heavy (non-hydrogen) atoms. The average Bonchev–Trinajstić information content (AvgIpc) is 2.59. The topological polar surface area (TPSA) is 54.9 Å². The lowest BCUT2D eigenvalue weighted by Crippen LogP contribution is -2.46. The van der Waals surface area contributed by atoms with Crippen molar-refractivity contribution in [1.82, 2.24) is 10.6 Å². The van der Waals surface area contributed by atoms with Gasteiger partial charge in [-0.1, -0.05) is 25.5 Å². The Morgan fingerprint density at radius 1 is 1.20 bits per heavy atom. The van der Waals surface area contributed by atoms with Gasteiger partial charge in [-0.25, -0.2) is 4.99 Å². The van der Waals surface area contributed by atoms with Gasteiger partial charge in [0.05, 0.1) is 13.2 Å². The molecule has 1 aromatic carbocycles. The zero-order valence-electron chi connectivity index (χ0n) is 15.9. The van der Waals surface area contributed by atoms with E-state index in [0.717, 1.165) is 30.4 Å². The highest BCUT2D eigenvalue weighted by atomic mass is 16.5. The third kappa shape index (κ3) is 6.24. The highest BCUT2D eigenvalue weighted by molar-refractivity contribution is 5.79. The van der Waals surface area contributed by atoms with Crippen LogP contribution in [0.25, 0.3) is 0 Å². The summed E-state index contributed by atoms with van der Waals surface area (Å²) in [5.41, 5.74) is 1.62. The van der Waals surface area contributed by atoms with E-state index in [2.05, 4.69) is 30.5 Å². The van der Waals surface area contributed by atoms with Crippen LogP contribution in [0.3, 0.4) is 0 Å². The van der Waals surface area contributed by atoms with Crippen molar-refractivity contribution in [2.45, 2.75) is 46.1 Å². The van der Waals surface area contributed by atoms with Crippen LogP contribution >= 0.6 is 0 Å². The van der Waals surface area contributed by atoms with Crippen molar-refractivity contribution in [3.8, 4) is 5.75 Å². The lowest BCUT2D eigenvalue weighted by molar-refractivity contribution is 0.131. The van der Waals surface area contributed by atoms with Gasteiger partial charge in [-0.2, -0.15) is 0 Å². The van der Waals surface area contributed by atoms with Gasteiger partial charge in [0, 0.05) is 20.2 Å². The minimum absolute atomic E-state index is 0.477. The van der Waals surface area contributed by atoms with Gasteiger partial charge in [-0.3, -0.25) is 0 Å². The Kier molecular flexibility index (Phi) is 8.06. The largest absolute Gasteiger partial charge is 0.491 e. The zero-order valence-corrected chi connectivity index (χ0v) is 15.9. The van der Waals surface area contributed by atoms with Crippen LogP contribution in [0.4, 0.5) is 0 Å². The Labute approximate surface area is 152 Å². The first kappa shape index (κ1) is 19.6. The number of ether oxygens (including phenoxy) is 2. The molecule has 0 amide bonds. The van der Waals surface area contributed by atoms with E-state index in [-0.39, 0.29) is 0 Å². The van der Waals surface area contributed by atoms with Crippen molar-refractivity contribution >= 4 is 5.96 Å². The van der Waals surface area contributed by atoms with Crippen LogP contribution in [0.5, 0.6) is 5.75 Å². The van der Waals surface area contributed by atoms with Gasteiger partial charge in [0.15, 0.2) is 5.96 Å². The van der Waals surface area contributed by atoms with Crippen LogP contribution in [-0.4, -0.2) is 39.4 Å². The van der Waals surface area contributed by atoms with Gasteiger partial charge >= 0.3 is 0 Å². The summed E-state index contributed by atoms with van der Waals surface area (Å²) in [6, 6.07) is 8.10. The normalized spacial score (nSPS) is 16.2. The number of nitrogens with zero attached hydrogens (tertiary/aromatic N) is 1. The third-order valence-electron chi connectivity index (χ3n) is 5.01. The third-order valence-corrected chi connectivity index (χ3v) is 5.01. The molecule has 0 bridgehead atoms. The molecule has 2 rings (SSSR count). The molecule has 1 aliphatic rings. The van der Waals surface area contributed by atoms with Crippen LogP contribution < -0.4 is 15.4 Å². The molecule has 1 aromatic rings. The number of guanidine groups is 1. The molecule has 5 nitrogen and oxygen atoms in total. The molecule has 2 N–H and O–H groups in total. The quantitative estimate of drug-likeness (QED) is 0.387.